The van der Waals surface area contributed by atoms with E-state index in [1.54, 1.807) is 0 Å². The summed E-state index contributed by atoms with van der Waals surface area (Å²) in [5.41, 5.74) is 7.46. The number of rotatable bonds is 4. The SMILES string of the molecule is CCOc1ccc(Oc2ccc(N)cc2C)cc1. The van der Waals surface area contributed by atoms with Crippen molar-refractivity contribution < 1.29 is 9.47 Å². The fraction of sp³-hybridized carbons (Fsp3) is 0.200. The summed E-state index contributed by atoms with van der Waals surface area (Å²) in [6.07, 6.45) is 0. The van der Waals surface area contributed by atoms with Crippen molar-refractivity contribution >= 4 is 5.69 Å². The normalized spacial score (nSPS) is 10.1. The third-order valence-corrected chi connectivity index (χ3v) is 2.56. The van der Waals surface area contributed by atoms with Crippen LogP contribution in [0.25, 0.3) is 0 Å². The summed E-state index contributed by atoms with van der Waals surface area (Å²) >= 11 is 0. The van der Waals surface area contributed by atoms with Crippen LogP contribution < -0.4 is 15.2 Å². The molecule has 18 heavy (non-hydrogen) atoms. The molecule has 0 amide bonds. The number of nitrogens with two attached hydrogens (primary N) is 1. The molecular weight excluding hydrogens is 226 g/mol. The van der Waals surface area contributed by atoms with Gasteiger partial charge in [0.1, 0.15) is 17.2 Å². The number of hydrogen-bond donors (Lipinski definition) is 1. The minimum atomic E-state index is 0.664. The van der Waals surface area contributed by atoms with Crippen molar-refractivity contribution in [1.29, 1.82) is 0 Å². The monoisotopic (exact) mass is 243 g/mol. The van der Waals surface area contributed by atoms with Gasteiger partial charge in [0.25, 0.3) is 0 Å². The minimum absolute atomic E-state index is 0.664. The zero-order chi connectivity index (χ0) is 13.0. The molecular formula is C15H17NO2. The Balaban J connectivity index is 2.13. The lowest BCUT2D eigenvalue weighted by molar-refractivity contribution is 0.339. The molecule has 3 nitrogen and oxygen atoms in total. The molecule has 2 aromatic rings. The van der Waals surface area contributed by atoms with Gasteiger partial charge < -0.3 is 15.2 Å². The first-order chi connectivity index (χ1) is 8.69. The third-order valence-electron chi connectivity index (χ3n) is 2.56. The average Bonchev–Trinajstić information content (AvgIpc) is 2.35. The molecule has 0 saturated carbocycles. The fourth-order valence-corrected chi connectivity index (χ4v) is 1.68. The highest BCUT2D eigenvalue weighted by molar-refractivity contribution is 5.48. The van der Waals surface area contributed by atoms with Crippen LogP contribution in [0.4, 0.5) is 5.69 Å². The van der Waals surface area contributed by atoms with Crippen LogP contribution in [-0.4, -0.2) is 6.61 Å². The summed E-state index contributed by atoms with van der Waals surface area (Å²) < 4.78 is 11.2. The molecule has 0 bridgehead atoms. The Bertz CT molecular complexity index is 521. The molecule has 0 saturated heterocycles. The van der Waals surface area contributed by atoms with Gasteiger partial charge in [-0.3, -0.25) is 0 Å². The maximum Gasteiger partial charge on any atom is 0.130 e. The molecule has 0 heterocycles. The summed E-state index contributed by atoms with van der Waals surface area (Å²) in [4.78, 5) is 0. The zero-order valence-electron chi connectivity index (χ0n) is 10.6. The second-order valence-corrected chi connectivity index (χ2v) is 4.03. The number of anilines is 1. The number of aryl methyl sites for hydroxylation is 1. The minimum Gasteiger partial charge on any atom is -0.494 e. The second-order valence-electron chi connectivity index (χ2n) is 4.03. The number of hydrogen-bond acceptors (Lipinski definition) is 3. The molecule has 0 radical (unpaired) electrons. The molecule has 0 fully saturated rings. The summed E-state index contributed by atoms with van der Waals surface area (Å²) in [6, 6.07) is 13.2. The van der Waals surface area contributed by atoms with Crippen LogP contribution in [0.1, 0.15) is 12.5 Å². The Morgan fingerprint density at radius 2 is 1.67 bits per heavy atom. The lowest BCUT2D eigenvalue weighted by Crippen LogP contribution is -1.92. The van der Waals surface area contributed by atoms with Crippen molar-refractivity contribution in [3.05, 3.63) is 48.0 Å². The lowest BCUT2D eigenvalue weighted by atomic mass is 10.2. The first-order valence-corrected chi connectivity index (χ1v) is 5.96. The van der Waals surface area contributed by atoms with Gasteiger partial charge in [-0.2, -0.15) is 0 Å². The van der Waals surface area contributed by atoms with E-state index in [1.165, 1.54) is 0 Å². The van der Waals surface area contributed by atoms with Crippen LogP contribution in [0.3, 0.4) is 0 Å². The van der Waals surface area contributed by atoms with Crippen molar-refractivity contribution in [1.82, 2.24) is 0 Å². The van der Waals surface area contributed by atoms with E-state index in [0.29, 0.717) is 6.61 Å². The van der Waals surface area contributed by atoms with Crippen LogP contribution in [-0.2, 0) is 0 Å². The Kier molecular flexibility index (Phi) is 3.72. The molecule has 0 atom stereocenters. The van der Waals surface area contributed by atoms with Gasteiger partial charge in [0, 0.05) is 5.69 Å². The highest BCUT2D eigenvalue weighted by Gasteiger charge is 2.02. The maximum atomic E-state index is 5.79. The van der Waals surface area contributed by atoms with Crippen LogP contribution in [0.2, 0.25) is 0 Å². The van der Waals surface area contributed by atoms with Crippen LogP contribution in [0.5, 0.6) is 17.2 Å². The Hall–Kier alpha value is -2.16. The predicted molar refractivity (Wildman–Crippen MR) is 73.3 cm³/mol. The summed E-state index contributed by atoms with van der Waals surface area (Å²) in [6.45, 7) is 4.60. The topological polar surface area (TPSA) is 44.5 Å². The Morgan fingerprint density at radius 1 is 1.00 bits per heavy atom. The molecule has 2 aromatic carbocycles. The van der Waals surface area contributed by atoms with Gasteiger partial charge in [-0.05, 0) is 61.9 Å². The number of ether oxygens (including phenoxy) is 2. The van der Waals surface area contributed by atoms with E-state index in [0.717, 1.165) is 28.5 Å². The van der Waals surface area contributed by atoms with Crippen LogP contribution in [0.15, 0.2) is 42.5 Å². The fourth-order valence-electron chi connectivity index (χ4n) is 1.68. The predicted octanol–water partition coefficient (Wildman–Crippen LogP) is 3.77. The molecule has 0 unspecified atom stereocenters. The van der Waals surface area contributed by atoms with E-state index in [9.17, 15) is 0 Å². The first kappa shape index (κ1) is 12.3. The van der Waals surface area contributed by atoms with Gasteiger partial charge in [-0.15, -0.1) is 0 Å². The molecule has 2 N–H and O–H groups in total. The standard InChI is InChI=1S/C15H17NO2/c1-3-17-13-5-7-14(8-6-13)18-15-9-4-12(16)10-11(15)2/h4-10H,3,16H2,1-2H3. The largest absolute Gasteiger partial charge is 0.494 e. The summed E-state index contributed by atoms with van der Waals surface area (Å²) in [5, 5.41) is 0. The van der Waals surface area contributed by atoms with Crippen molar-refractivity contribution in [3.63, 3.8) is 0 Å². The van der Waals surface area contributed by atoms with E-state index < -0.39 is 0 Å². The van der Waals surface area contributed by atoms with Crippen LogP contribution in [0, 0.1) is 6.92 Å². The molecule has 2 rings (SSSR count). The maximum absolute atomic E-state index is 5.79. The van der Waals surface area contributed by atoms with Crippen molar-refractivity contribution in [2.24, 2.45) is 0 Å². The van der Waals surface area contributed by atoms with Crippen molar-refractivity contribution in [3.8, 4) is 17.2 Å². The number of benzene rings is 2. The Morgan fingerprint density at radius 3 is 2.28 bits per heavy atom. The van der Waals surface area contributed by atoms with Gasteiger partial charge in [0.2, 0.25) is 0 Å². The summed E-state index contributed by atoms with van der Waals surface area (Å²) in [5.74, 6) is 2.44. The van der Waals surface area contributed by atoms with Crippen LogP contribution >= 0.6 is 0 Å². The highest BCUT2D eigenvalue weighted by atomic mass is 16.5. The van der Waals surface area contributed by atoms with Gasteiger partial charge in [-0.25, -0.2) is 0 Å². The lowest BCUT2D eigenvalue weighted by Gasteiger charge is -2.10. The molecule has 0 spiro atoms. The second kappa shape index (κ2) is 5.45. The van der Waals surface area contributed by atoms with Crippen molar-refractivity contribution in [2.75, 3.05) is 12.3 Å². The van der Waals surface area contributed by atoms with E-state index in [-0.39, 0.29) is 0 Å². The quantitative estimate of drug-likeness (QED) is 0.831. The van der Waals surface area contributed by atoms with E-state index in [2.05, 4.69) is 0 Å². The zero-order valence-corrected chi connectivity index (χ0v) is 10.6. The third kappa shape index (κ3) is 2.94. The molecule has 0 aliphatic heterocycles. The number of nitrogen functional groups attached to an aromatic ring is 1. The molecule has 3 heteroatoms. The van der Waals surface area contributed by atoms with Gasteiger partial charge >= 0.3 is 0 Å². The molecule has 0 aliphatic rings. The molecule has 0 aromatic heterocycles. The first-order valence-electron chi connectivity index (χ1n) is 5.96. The Labute approximate surface area is 107 Å². The molecule has 0 aliphatic carbocycles. The van der Waals surface area contributed by atoms with E-state index in [4.69, 9.17) is 15.2 Å². The van der Waals surface area contributed by atoms with Gasteiger partial charge in [0.15, 0.2) is 0 Å². The highest BCUT2D eigenvalue weighted by Crippen LogP contribution is 2.27. The van der Waals surface area contributed by atoms with E-state index in [1.807, 2.05) is 56.3 Å². The average molecular weight is 243 g/mol. The smallest absolute Gasteiger partial charge is 0.130 e. The van der Waals surface area contributed by atoms with Crippen molar-refractivity contribution in [2.45, 2.75) is 13.8 Å². The van der Waals surface area contributed by atoms with E-state index >= 15 is 0 Å². The molecule has 94 valence electrons. The summed E-state index contributed by atoms with van der Waals surface area (Å²) in [7, 11) is 0. The van der Waals surface area contributed by atoms with Gasteiger partial charge in [-0.1, -0.05) is 0 Å². The van der Waals surface area contributed by atoms with Gasteiger partial charge in [0.05, 0.1) is 6.61 Å².